The van der Waals surface area contributed by atoms with Crippen LogP contribution in [0.15, 0.2) is 42.5 Å². The van der Waals surface area contributed by atoms with Gasteiger partial charge in [-0.3, -0.25) is 4.90 Å². The lowest BCUT2D eigenvalue weighted by Gasteiger charge is -2.30. The van der Waals surface area contributed by atoms with Gasteiger partial charge >= 0.3 is 6.03 Å². The van der Waals surface area contributed by atoms with Crippen molar-refractivity contribution in [3.05, 3.63) is 53.8 Å². The Hall–Kier alpha value is -2.60. The molecule has 0 aromatic heterocycles. The van der Waals surface area contributed by atoms with Crippen LogP contribution in [-0.2, 0) is 6.42 Å². The van der Waals surface area contributed by atoms with Crippen molar-refractivity contribution in [1.29, 1.82) is 0 Å². The van der Waals surface area contributed by atoms with E-state index in [2.05, 4.69) is 30.1 Å². The fourth-order valence-corrected chi connectivity index (χ4v) is 3.77. The van der Waals surface area contributed by atoms with E-state index in [1.165, 1.54) is 12.1 Å². The molecule has 0 radical (unpaired) electrons. The van der Waals surface area contributed by atoms with Crippen LogP contribution in [0.4, 0.5) is 20.6 Å². The Morgan fingerprint density at radius 1 is 1.13 bits per heavy atom. The summed E-state index contributed by atoms with van der Waals surface area (Å²) < 4.78 is 19.0. The van der Waals surface area contributed by atoms with Gasteiger partial charge in [0.15, 0.2) is 0 Å². The van der Waals surface area contributed by atoms with E-state index in [0.29, 0.717) is 18.8 Å². The van der Waals surface area contributed by atoms with Crippen LogP contribution in [0.2, 0.25) is 0 Å². The second kappa shape index (κ2) is 11.0. The zero-order valence-corrected chi connectivity index (χ0v) is 18.0. The predicted octanol–water partition coefficient (Wildman–Crippen LogP) is 5.31. The molecule has 0 spiro atoms. The minimum atomic E-state index is -0.322. The minimum absolute atomic E-state index is 0.201. The van der Waals surface area contributed by atoms with Crippen molar-refractivity contribution in [3.63, 3.8) is 0 Å². The molecular formula is C24H32FN3O2. The largest absolute Gasteiger partial charge is 0.494 e. The van der Waals surface area contributed by atoms with E-state index in [-0.39, 0.29) is 11.8 Å². The Balaban J connectivity index is 1.55. The third-order valence-corrected chi connectivity index (χ3v) is 5.54. The van der Waals surface area contributed by atoms with E-state index < -0.39 is 0 Å². The smallest absolute Gasteiger partial charge is 0.326 e. The standard InChI is InChI=1S/C24H32FN3O2/c1-3-27(4-2)15-5-6-17-30-22-13-14-23-19(18-22)8-7-16-28(23)24(29)26-21-11-9-20(25)10-12-21/h9-14,18H,3-8,15-17H2,1-2H3,(H,26,29). The SMILES string of the molecule is CCN(CC)CCCCOc1ccc2c(c1)CCCN2C(=O)Nc1ccc(F)cc1. The molecule has 1 heterocycles. The van der Waals surface area contributed by atoms with Gasteiger partial charge in [-0.15, -0.1) is 0 Å². The first kappa shape index (κ1) is 22.1. The molecule has 0 atom stereocenters. The number of urea groups is 1. The average molecular weight is 414 g/mol. The molecule has 0 saturated carbocycles. The minimum Gasteiger partial charge on any atom is -0.494 e. The molecule has 162 valence electrons. The summed E-state index contributed by atoms with van der Waals surface area (Å²) >= 11 is 0. The molecule has 0 bridgehead atoms. The van der Waals surface area contributed by atoms with Crippen molar-refractivity contribution in [2.75, 3.05) is 43.0 Å². The molecular weight excluding hydrogens is 381 g/mol. The lowest BCUT2D eigenvalue weighted by molar-refractivity contribution is 0.256. The Morgan fingerprint density at radius 2 is 1.90 bits per heavy atom. The number of ether oxygens (including phenoxy) is 1. The Bertz CT molecular complexity index is 822. The number of hydrogen-bond acceptors (Lipinski definition) is 3. The van der Waals surface area contributed by atoms with Crippen LogP contribution in [0.25, 0.3) is 0 Å². The molecule has 2 amide bonds. The zero-order valence-electron chi connectivity index (χ0n) is 18.0. The van der Waals surface area contributed by atoms with Crippen molar-refractivity contribution in [2.45, 2.75) is 39.5 Å². The highest BCUT2D eigenvalue weighted by molar-refractivity contribution is 6.02. The quantitative estimate of drug-likeness (QED) is 0.567. The summed E-state index contributed by atoms with van der Waals surface area (Å²) in [6, 6.07) is 11.6. The monoisotopic (exact) mass is 413 g/mol. The number of amides is 2. The molecule has 1 aliphatic heterocycles. The number of benzene rings is 2. The number of aryl methyl sites for hydroxylation is 1. The fraction of sp³-hybridized carbons (Fsp3) is 0.458. The highest BCUT2D eigenvalue weighted by Crippen LogP contribution is 2.31. The predicted molar refractivity (Wildman–Crippen MR) is 120 cm³/mol. The van der Waals surface area contributed by atoms with Crippen LogP contribution in [0.5, 0.6) is 5.75 Å². The summed E-state index contributed by atoms with van der Waals surface area (Å²) in [7, 11) is 0. The number of unbranched alkanes of at least 4 members (excludes halogenated alkanes) is 1. The van der Waals surface area contributed by atoms with Crippen LogP contribution < -0.4 is 15.0 Å². The average Bonchev–Trinajstić information content (AvgIpc) is 2.77. The van der Waals surface area contributed by atoms with Gasteiger partial charge in [0.1, 0.15) is 11.6 Å². The Kier molecular flexibility index (Phi) is 8.08. The molecule has 30 heavy (non-hydrogen) atoms. The summed E-state index contributed by atoms with van der Waals surface area (Å²) in [5.74, 6) is 0.536. The van der Waals surface area contributed by atoms with E-state index in [1.807, 2.05) is 12.1 Å². The number of fused-ring (bicyclic) bond motifs is 1. The maximum absolute atomic E-state index is 13.1. The maximum Gasteiger partial charge on any atom is 0.326 e. The number of halogens is 1. The van der Waals surface area contributed by atoms with E-state index in [1.54, 1.807) is 17.0 Å². The van der Waals surface area contributed by atoms with E-state index in [4.69, 9.17) is 4.74 Å². The van der Waals surface area contributed by atoms with Crippen molar-refractivity contribution in [1.82, 2.24) is 4.90 Å². The number of carbonyl (C=O) groups is 1. The zero-order chi connectivity index (χ0) is 21.3. The maximum atomic E-state index is 13.1. The molecule has 6 heteroatoms. The third kappa shape index (κ3) is 5.95. The number of nitrogens with one attached hydrogen (secondary N) is 1. The van der Waals surface area contributed by atoms with Crippen LogP contribution in [0, 0.1) is 5.82 Å². The lowest BCUT2D eigenvalue weighted by Crippen LogP contribution is -2.38. The second-order valence-electron chi connectivity index (χ2n) is 7.57. The topological polar surface area (TPSA) is 44.8 Å². The molecule has 2 aromatic carbocycles. The molecule has 0 fully saturated rings. The third-order valence-electron chi connectivity index (χ3n) is 5.54. The first-order valence-electron chi connectivity index (χ1n) is 10.9. The Labute approximate surface area is 178 Å². The van der Waals surface area contributed by atoms with Crippen molar-refractivity contribution in [2.24, 2.45) is 0 Å². The fourth-order valence-electron chi connectivity index (χ4n) is 3.77. The lowest BCUT2D eigenvalue weighted by atomic mass is 10.0. The molecule has 1 aliphatic rings. The number of nitrogens with zero attached hydrogens (tertiary/aromatic N) is 2. The summed E-state index contributed by atoms with van der Waals surface area (Å²) in [6.07, 6.45) is 3.98. The van der Waals surface area contributed by atoms with Crippen LogP contribution in [-0.4, -0.2) is 43.7 Å². The molecule has 0 saturated heterocycles. The number of hydrogen-bond donors (Lipinski definition) is 1. The first-order chi connectivity index (χ1) is 14.6. The van der Waals surface area contributed by atoms with Gasteiger partial charge in [0.25, 0.3) is 0 Å². The summed E-state index contributed by atoms with van der Waals surface area (Å²) in [6.45, 7) is 9.03. The van der Waals surface area contributed by atoms with Crippen molar-refractivity contribution in [3.8, 4) is 5.75 Å². The van der Waals surface area contributed by atoms with Gasteiger partial charge in [0.05, 0.1) is 6.61 Å². The summed E-state index contributed by atoms with van der Waals surface area (Å²) in [5.41, 5.74) is 2.61. The van der Waals surface area contributed by atoms with Gasteiger partial charge in [-0.25, -0.2) is 9.18 Å². The van der Waals surface area contributed by atoms with Gasteiger partial charge in [0.2, 0.25) is 0 Å². The number of anilines is 2. The molecule has 1 N–H and O–H groups in total. The van der Waals surface area contributed by atoms with Crippen LogP contribution in [0.1, 0.15) is 38.7 Å². The highest BCUT2D eigenvalue weighted by atomic mass is 19.1. The first-order valence-corrected chi connectivity index (χ1v) is 10.9. The molecule has 0 unspecified atom stereocenters. The second-order valence-corrected chi connectivity index (χ2v) is 7.57. The van der Waals surface area contributed by atoms with E-state index >= 15 is 0 Å². The van der Waals surface area contributed by atoms with Crippen LogP contribution in [0.3, 0.4) is 0 Å². The molecule has 0 aliphatic carbocycles. The van der Waals surface area contributed by atoms with Gasteiger partial charge in [-0.1, -0.05) is 13.8 Å². The number of carbonyl (C=O) groups excluding carboxylic acids is 1. The van der Waals surface area contributed by atoms with E-state index in [0.717, 1.165) is 62.3 Å². The normalized spacial score (nSPS) is 13.3. The van der Waals surface area contributed by atoms with Gasteiger partial charge in [0, 0.05) is 17.9 Å². The van der Waals surface area contributed by atoms with Crippen molar-refractivity contribution >= 4 is 17.4 Å². The molecule has 3 rings (SSSR count). The number of rotatable bonds is 9. The van der Waals surface area contributed by atoms with Gasteiger partial charge in [-0.05, 0) is 93.3 Å². The molecule has 5 nitrogen and oxygen atoms in total. The van der Waals surface area contributed by atoms with Crippen LogP contribution >= 0.6 is 0 Å². The van der Waals surface area contributed by atoms with E-state index in [9.17, 15) is 9.18 Å². The van der Waals surface area contributed by atoms with Gasteiger partial charge < -0.3 is 15.0 Å². The van der Waals surface area contributed by atoms with Crippen molar-refractivity contribution < 1.29 is 13.9 Å². The molecule has 2 aromatic rings. The Morgan fingerprint density at radius 3 is 2.63 bits per heavy atom. The highest BCUT2D eigenvalue weighted by Gasteiger charge is 2.23. The summed E-state index contributed by atoms with van der Waals surface area (Å²) in [5, 5.41) is 2.85. The summed E-state index contributed by atoms with van der Waals surface area (Å²) in [4.78, 5) is 16.9. The van der Waals surface area contributed by atoms with Gasteiger partial charge in [-0.2, -0.15) is 0 Å².